The Hall–Kier alpha value is -1.32. The minimum Gasteiger partial charge on any atom is -0.398 e. The van der Waals surface area contributed by atoms with Crippen LogP contribution in [-0.4, -0.2) is 13.6 Å². The van der Waals surface area contributed by atoms with Gasteiger partial charge in [-0.05, 0) is 31.0 Å². The van der Waals surface area contributed by atoms with Crippen LogP contribution in [0.25, 0.3) is 0 Å². The molecule has 2 radical (unpaired) electrons. The number of rotatable bonds is 5. The van der Waals surface area contributed by atoms with Crippen molar-refractivity contribution in [2.75, 3.05) is 5.73 Å². The van der Waals surface area contributed by atoms with Crippen LogP contribution in [0.15, 0.2) is 12.1 Å². The van der Waals surface area contributed by atoms with Crippen LogP contribution in [0.2, 0.25) is 6.32 Å². The number of carbonyl (C=O) groups excluding carboxylic acids is 1. The first-order chi connectivity index (χ1) is 7.56. The second-order valence-electron chi connectivity index (χ2n) is 3.86. The number of benzene rings is 1. The smallest absolute Gasteiger partial charge is 0.164 e. The molecule has 1 aromatic rings. The lowest BCUT2D eigenvalue weighted by atomic mass is 9.96. The first-order valence-electron chi connectivity index (χ1n) is 5.35. The molecular formula is C12H15BFNO. The van der Waals surface area contributed by atoms with Gasteiger partial charge < -0.3 is 5.73 Å². The predicted octanol–water partition coefficient (Wildman–Crippen LogP) is 2.66. The Morgan fingerprint density at radius 1 is 1.44 bits per heavy atom. The number of ketones is 1. The molecule has 0 atom stereocenters. The highest BCUT2D eigenvalue weighted by atomic mass is 19.1. The molecular weight excluding hydrogens is 204 g/mol. The van der Waals surface area contributed by atoms with Gasteiger partial charge >= 0.3 is 0 Å². The third kappa shape index (κ3) is 3.09. The van der Waals surface area contributed by atoms with E-state index in [9.17, 15) is 9.18 Å². The van der Waals surface area contributed by atoms with Crippen molar-refractivity contribution in [3.63, 3.8) is 0 Å². The van der Waals surface area contributed by atoms with E-state index in [1.54, 1.807) is 6.92 Å². The summed E-state index contributed by atoms with van der Waals surface area (Å²) in [5.74, 6) is -0.426. The van der Waals surface area contributed by atoms with Gasteiger partial charge in [0.15, 0.2) is 5.78 Å². The fourth-order valence-electron chi connectivity index (χ4n) is 1.50. The highest BCUT2D eigenvalue weighted by Crippen LogP contribution is 2.19. The van der Waals surface area contributed by atoms with Gasteiger partial charge in [-0.25, -0.2) is 4.39 Å². The number of nitrogens with two attached hydrogens (primary N) is 1. The molecule has 0 aliphatic carbocycles. The van der Waals surface area contributed by atoms with Crippen molar-refractivity contribution in [1.82, 2.24) is 0 Å². The number of anilines is 1. The third-order valence-corrected chi connectivity index (χ3v) is 2.49. The zero-order chi connectivity index (χ0) is 12.1. The molecule has 2 nitrogen and oxygen atoms in total. The Bertz CT molecular complexity index is 393. The first-order valence-corrected chi connectivity index (χ1v) is 5.35. The van der Waals surface area contributed by atoms with Crippen LogP contribution in [0.4, 0.5) is 10.1 Å². The minimum absolute atomic E-state index is 0.0472. The highest BCUT2D eigenvalue weighted by molar-refractivity contribution is 6.08. The Labute approximate surface area is 96.4 Å². The van der Waals surface area contributed by atoms with E-state index in [4.69, 9.17) is 13.6 Å². The fraction of sp³-hybridized carbons (Fsp3) is 0.417. The van der Waals surface area contributed by atoms with Crippen molar-refractivity contribution in [2.24, 2.45) is 0 Å². The molecule has 0 fully saturated rings. The van der Waals surface area contributed by atoms with Gasteiger partial charge in [0.2, 0.25) is 0 Å². The maximum Gasteiger partial charge on any atom is 0.164 e. The predicted molar refractivity (Wildman–Crippen MR) is 64.3 cm³/mol. The minimum atomic E-state index is -0.379. The molecule has 0 aliphatic rings. The Morgan fingerprint density at radius 3 is 2.75 bits per heavy atom. The van der Waals surface area contributed by atoms with Crippen molar-refractivity contribution >= 4 is 19.3 Å². The molecule has 0 spiro atoms. The lowest BCUT2D eigenvalue weighted by molar-refractivity contribution is 0.0980. The van der Waals surface area contributed by atoms with Crippen molar-refractivity contribution in [2.45, 2.75) is 32.5 Å². The number of aryl methyl sites for hydroxylation is 1. The monoisotopic (exact) mass is 219 g/mol. The second kappa shape index (κ2) is 5.68. The van der Waals surface area contributed by atoms with Crippen molar-refractivity contribution in [1.29, 1.82) is 0 Å². The molecule has 1 rings (SSSR count). The van der Waals surface area contributed by atoms with E-state index in [0.29, 0.717) is 23.9 Å². The topological polar surface area (TPSA) is 43.1 Å². The molecule has 0 aliphatic heterocycles. The summed E-state index contributed by atoms with van der Waals surface area (Å²) >= 11 is 0. The number of Topliss-reactive ketones (excluding diaryl/α,β-unsaturated/α-hetero) is 1. The highest BCUT2D eigenvalue weighted by Gasteiger charge is 2.11. The van der Waals surface area contributed by atoms with Crippen LogP contribution in [0.1, 0.15) is 35.2 Å². The van der Waals surface area contributed by atoms with Crippen LogP contribution in [0.5, 0.6) is 0 Å². The van der Waals surface area contributed by atoms with Crippen molar-refractivity contribution < 1.29 is 9.18 Å². The second-order valence-corrected chi connectivity index (χ2v) is 3.86. The molecule has 0 saturated carbocycles. The van der Waals surface area contributed by atoms with E-state index < -0.39 is 0 Å². The molecule has 0 aromatic heterocycles. The van der Waals surface area contributed by atoms with Crippen molar-refractivity contribution in [3.8, 4) is 0 Å². The van der Waals surface area contributed by atoms with Gasteiger partial charge in [-0.3, -0.25) is 4.79 Å². The van der Waals surface area contributed by atoms with Gasteiger partial charge in [0, 0.05) is 17.7 Å². The van der Waals surface area contributed by atoms with Gasteiger partial charge in [0.05, 0.1) is 7.85 Å². The fourth-order valence-corrected chi connectivity index (χ4v) is 1.50. The van der Waals surface area contributed by atoms with Crippen LogP contribution in [0, 0.1) is 12.7 Å². The van der Waals surface area contributed by atoms with Gasteiger partial charge in [-0.15, -0.1) is 0 Å². The normalized spacial score (nSPS) is 10.4. The summed E-state index contributed by atoms with van der Waals surface area (Å²) in [6.45, 7) is 1.62. The van der Waals surface area contributed by atoms with Crippen LogP contribution >= 0.6 is 0 Å². The Balaban J connectivity index is 2.79. The number of nitrogen functional groups attached to an aromatic ring is 1. The molecule has 0 unspecified atom stereocenters. The van der Waals surface area contributed by atoms with Crippen LogP contribution < -0.4 is 5.73 Å². The lowest BCUT2D eigenvalue weighted by Crippen LogP contribution is -2.05. The maximum atomic E-state index is 13.1. The van der Waals surface area contributed by atoms with Crippen molar-refractivity contribution in [3.05, 3.63) is 29.1 Å². The molecule has 0 bridgehead atoms. The first kappa shape index (κ1) is 12.8. The molecule has 0 amide bonds. The maximum absolute atomic E-state index is 13.1. The summed E-state index contributed by atoms with van der Waals surface area (Å²) in [6.07, 6.45) is 2.54. The summed E-state index contributed by atoms with van der Waals surface area (Å²) in [6, 6.07) is 2.71. The standard InChI is InChI=1S/C12H15BFNO/c1-8-6-9(11(15)7-10(8)14)12(16)4-2-3-5-13/h6-7H,2-5,15H2,1H3. The lowest BCUT2D eigenvalue weighted by Gasteiger charge is -2.06. The number of hydrogen-bond acceptors (Lipinski definition) is 2. The summed E-state index contributed by atoms with van der Waals surface area (Å²) in [4.78, 5) is 11.8. The van der Waals surface area contributed by atoms with E-state index in [1.165, 1.54) is 12.1 Å². The van der Waals surface area contributed by atoms with Gasteiger partial charge in [-0.1, -0.05) is 12.7 Å². The van der Waals surface area contributed by atoms with E-state index in [1.807, 2.05) is 0 Å². The third-order valence-electron chi connectivity index (χ3n) is 2.49. The van der Waals surface area contributed by atoms with E-state index in [2.05, 4.69) is 0 Å². The zero-order valence-corrected chi connectivity index (χ0v) is 9.42. The number of carbonyl (C=O) groups is 1. The average molecular weight is 219 g/mol. The summed E-state index contributed by atoms with van der Waals surface area (Å²) < 4.78 is 13.1. The molecule has 1 aromatic carbocycles. The molecule has 4 heteroatoms. The number of hydrogen-bond donors (Lipinski definition) is 1. The van der Waals surface area contributed by atoms with Crippen LogP contribution in [-0.2, 0) is 0 Å². The summed E-state index contributed by atoms with van der Waals surface area (Å²) in [5, 5.41) is 0. The number of halogens is 1. The zero-order valence-electron chi connectivity index (χ0n) is 9.42. The molecule has 0 saturated heterocycles. The summed E-state index contributed by atoms with van der Waals surface area (Å²) in [7, 11) is 5.34. The van der Waals surface area contributed by atoms with Gasteiger partial charge in [-0.2, -0.15) is 0 Å². The molecule has 2 N–H and O–H groups in total. The largest absolute Gasteiger partial charge is 0.398 e. The van der Waals surface area contributed by atoms with Crippen LogP contribution in [0.3, 0.4) is 0 Å². The summed E-state index contributed by atoms with van der Waals surface area (Å²) in [5.41, 5.74) is 6.67. The Kier molecular flexibility index (Phi) is 4.53. The Morgan fingerprint density at radius 2 is 2.12 bits per heavy atom. The molecule has 0 heterocycles. The SMILES string of the molecule is [B]CCCCC(=O)c1cc(C)c(F)cc1N. The van der Waals surface area contributed by atoms with Gasteiger partial charge in [0.1, 0.15) is 5.82 Å². The molecule has 84 valence electrons. The van der Waals surface area contributed by atoms with Gasteiger partial charge in [0.25, 0.3) is 0 Å². The molecule has 16 heavy (non-hydrogen) atoms. The van der Waals surface area contributed by atoms with E-state index >= 15 is 0 Å². The quantitative estimate of drug-likeness (QED) is 0.358. The number of unbranched alkanes of at least 4 members (excludes halogenated alkanes) is 1. The van der Waals surface area contributed by atoms with E-state index in [0.717, 1.165) is 12.8 Å². The average Bonchev–Trinajstić information content (AvgIpc) is 2.23. The van der Waals surface area contributed by atoms with E-state index in [-0.39, 0.29) is 17.3 Å².